The van der Waals surface area contributed by atoms with Crippen LogP contribution in [0.25, 0.3) is 11.3 Å². The Morgan fingerprint density at radius 3 is 2.83 bits per heavy atom. The quantitative estimate of drug-likeness (QED) is 0.653. The largest absolute Gasteiger partial charge is 0.387 e. The summed E-state index contributed by atoms with van der Waals surface area (Å²) in [5.41, 5.74) is 3.07. The highest BCUT2D eigenvalue weighted by Crippen LogP contribution is 2.20. The topological polar surface area (TPSA) is 73.8 Å². The van der Waals surface area contributed by atoms with Gasteiger partial charge in [-0.25, -0.2) is 4.39 Å². The number of halogens is 1. The average Bonchev–Trinajstić information content (AvgIpc) is 3.04. The molecule has 0 spiro atoms. The van der Waals surface area contributed by atoms with Gasteiger partial charge in [-0.05, 0) is 18.2 Å². The minimum atomic E-state index is -0.898. The van der Waals surface area contributed by atoms with Crippen LogP contribution in [0.15, 0.2) is 55.0 Å². The summed E-state index contributed by atoms with van der Waals surface area (Å²) in [6.07, 6.45) is 4.29. The number of aliphatic hydroxyl groups excluding tert-OH is 1. The smallest absolute Gasteiger partial charge is 0.129 e. The lowest BCUT2D eigenvalue weighted by atomic mass is 10.1. The Labute approximate surface area is 133 Å². The molecule has 0 amide bonds. The maximum Gasteiger partial charge on any atom is 0.129 e. The summed E-state index contributed by atoms with van der Waals surface area (Å²) in [5, 5.41) is 20.2. The van der Waals surface area contributed by atoms with Crippen molar-refractivity contribution in [1.82, 2.24) is 20.5 Å². The maximum atomic E-state index is 13.6. The van der Waals surface area contributed by atoms with Crippen molar-refractivity contribution in [3.8, 4) is 11.3 Å². The number of aromatic nitrogens is 3. The van der Waals surface area contributed by atoms with E-state index >= 15 is 0 Å². The molecule has 0 aliphatic heterocycles. The Kier molecular flexibility index (Phi) is 4.75. The standard InChI is InChI=1S/C17H17FN4O/c18-15-6-2-1-5-14(15)16(23)11-20-9-13-10-21-22-17(13)12-4-3-7-19-8-12/h1-8,10,16,20,23H,9,11H2,(H,21,22). The summed E-state index contributed by atoms with van der Waals surface area (Å²) in [4.78, 5) is 4.09. The van der Waals surface area contributed by atoms with Gasteiger partial charge in [-0.3, -0.25) is 10.1 Å². The molecule has 1 aromatic carbocycles. The molecule has 0 aliphatic rings. The van der Waals surface area contributed by atoms with Crippen molar-refractivity contribution in [2.45, 2.75) is 12.6 Å². The van der Waals surface area contributed by atoms with Gasteiger partial charge in [0.15, 0.2) is 0 Å². The zero-order chi connectivity index (χ0) is 16.1. The van der Waals surface area contributed by atoms with E-state index in [0.29, 0.717) is 12.1 Å². The number of benzene rings is 1. The van der Waals surface area contributed by atoms with Crippen molar-refractivity contribution >= 4 is 0 Å². The van der Waals surface area contributed by atoms with E-state index in [9.17, 15) is 9.50 Å². The third-order valence-corrected chi connectivity index (χ3v) is 3.59. The molecule has 1 atom stereocenters. The van der Waals surface area contributed by atoms with Crippen LogP contribution in [0.5, 0.6) is 0 Å². The molecule has 3 rings (SSSR count). The molecule has 118 valence electrons. The van der Waals surface area contributed by atoms with Crippen molar-refractivity contribution in [3.05, 3.63) is 71.9 Å². The first-order chi connectivity index (χ1) is 11.3. The monoisotopic (exact) mass is 312 g/mol. The Bertz CT molecular complexity index is 760. The van der Waals surface area contributed by atoms with Crippen LogP contribution in [0.1, 0.15) is 17.2 Å². The molecule has 0 saturated heterocycles. The Balaban J connectivity index is 1.62. The molecule has 3 N–H and O–H groups in total. The predicted octanol–water partition coefficient (Wildman–Crippen LogP) is 2.43. The number of H-pyrrole nitrogens is 1. The van der Waals surface area contributed by atoms with Crippen LogP contribution in [0, 0.1) is 5.82 Å². The van der Waals surface area contributed by atoms with Crippen LogP contribution in [-0.4, -0.2) is 26.8 Å². The summed E-state index contributed by atoms with van der Waals surface area (Å²) >= 11 is 0. The van der Waals surface area contributed by atoms with Gasteiger partial charge in [-0.1, -0.05) is 18.2 Å². The molecule has 1 unspecified atom stereocenters. The van der Waals surface area contributed by atoms with Gasteiger partial charge in [-0.15, -0.1) is 0 Å². The van der Waals surface area contributed by atoms with Gasteiger partial charge in [-0.2, -0.15) is 5.10 Å². The van der Waals surface area contributed by atoms with Crippen LogP contribution in [0.4, 0.5) is 4.39 Å². The fourth-order valence-corrected chi connectivity index (χ4v) is 2.40. The summed E-state index contributed by atoms with van der Waals surface area (Å²) < 4.78 is 13.6. The molecule has 23 heavy (non-hydrogen) atoms. The van der Waals surface area contributed by atoms with Gasteiger partial charge in [0.2, 0.25) is 0 Å². The highest BCUT2D eigenvalue weighted by atomic mass is 19.1. The first-order valence-corrected chi connectivity index (χ1v) is 7.31. The minimum absolute atomic E-state index is 0.249. The van der Waals surface area contributed by atoms with Crippen molar-refractivity contribution in [1.29, 1.82) is 0 Å². The van der Waals surface area contributed by atoms with Crippen molar-refractivity contribution in [3.63, 3.8) is 0 Å². The predicted molar refractivity (Wildman–Crippen MR) is 84.9 cm³/mol. The van der Waals surface area contributed by atoms with Crippen LogP contribution >= 0.6 is 0 Å². The fraction of sp³-hybridized carbons (Fsp3) is 0.176. The molecule has 2 aromatic heterocycles. The van der Waals surface area contributed by atoms with Crippen LogP contribution in [0.3, 0.4) is 0 Å². The summed E-state index contributed by atoms with van der Waals surface area (Å²) in [6.45, 7) is 0.755. The number of hydrogen-bond donors (Lipinski definition) is 3. The lowest BCUT2D eigenvalue weighted by Gasteiger charge is -2.13. The second kappa shape index (κ2) is 7.13. The minimum Gasteiger partial charge on any atom is -0.387 e. The van der Waals surface area contributed by atoms with Gasteiger partial charge in [0.25, 0.3) is 0 Å². The van der Waals surface area contributed by atoms with Gasteiger partial charge in [0.1, 0.15) is 5.82 Å². The molecule has 0 bridgehead atoms. The molecule has 2 heterocycles. The number of rotatable bonds is 6. The maximum absolute atomic E-state index is 13.6. The number of aliphatic hydroxyl groups is 1. The lowest BCUT2D eigenvalue weighted by Crippen LogP contribution is -2.21. The van der Waals surface area contributed by atoms with Gasteiger partial charge >= 0.3 is 0 Å². The Morgan fingerprint density at radius 2 is 2.04 bits per heavy atom. The van der Waals surface area contributed by atoms with E-state index in [1.54, 1.807) is 36.8 Å². The summed E-state index contributed by atoms with van der Waals surface area (Å²) in [6, 6.07) is 10.0. The number of hydrogen-bond acceptors (Lipinski definition) is 4. The highest BCUT2D eigenvalue weighted by Gasteiger charge is 2.13. The van der Waals surface area contributed by atoms with Crippen LogP contribution in [0.2, 0.25) is 0 Å². The SMILES string of the molecule is OC(CNCc1cn[nH]c1-c1cccnc1)c1ccccc1F. The molecule has 3 aromatic rings. The number of nitrogens with zero attached hydrogens (tertiary/aromatic N) is 2. The van der Waals surface area contributed by atoms with E-state index in [1.807, 2.05) is 12.1 Å². The van der Waals surface area contributed by atoms with E-state index in [1.165, 1.54) is 6.07 Å². The van der Waals surface area contributed by atoms with E-state index in [4.69, 9.17) is 0 Å². The second-order valence-corrected chi connectivity index (χ2v) is 5.18. The zero-order valence-electron chi connectivity index (χ0n) is 12.4. The van der Waals surface area contributed by atoms with Crippen molar-refractivity contribution < 1.29 is 9.50 Å². The van der Waals surface area contributed by atoms with E-state index < -0.39 is 11.9 Å². The van der Waals surface area contributed by atoms with Gasteiger partial charge < -0.3 is 10.4 Å². The Morgan fingerprint density at radius 1 is 1.17 bits per heavy atom. The number of nitrogens with one attached hydrogen (secondary N) is 2. The summed E-state index contributed by atoms with van der Waals surface area (Å²) in [7, 11) is 0. The van der Waals surface area contributed by atoms with Crippen LogP contribution in [-0.2, 0) is 6.54 Å². The lowest BCUT2D eigenvalue weighted by molar-refractivity contribution is 0.169. The molecule has 0 saturated carbocycles. The molecular weight excluding hydrogens is 295 g/mol. The molecule has 5 nitrogen and oxygen atoms in total. The molecule has 0 radical (unpaired) electrons. The van der Waals surface area contributed by atoms with Crippen molar-refractivity contribution in [2.75, 3.05) is 6.54 Å². The third kappa shape index (κ3) is 3.61. The number of pyridine rings is 1. The zero-order valence-corrected chi connectivity index (χ0v) is 12.4. The average molecular weight is 312 g/mol. The van der Waals surface area contributed by atoms with E-state index in [2.05, 4.69) is 20.5 Å². The van der Waals surface area contributed by atoms with Crippen molar-refractivity contribution in [2.24, 2.45) is 0 Å². The second-order valence-electron chi connectivity index (χ2n) is 5.18. The number of aromatic amines is 1. The molecular formula is C17H17FN4O. The molecule has 0 aliphatic carbocycles. The van der Waals surface area contributed by atoms with Gasteiger partial charge in [0, 0.05) is 42.2 Å². The fourth-order valence-electron chi connectivity index (χ4n) is 2.40. The normalized spacial score (nSPS) is 12.3. The first-order valence-electron chi connectivity index (χ1n) is 7.31. The Hall–Kier alpha value is -2.57. The molecule has 0 fully saturated rings. The first kappa shape index (κ1) is 15.3. The molecule has 6 heteroatoms. The third-order valence-electron chi connectivity index (χ3n) is 3.59. The summed E-state index contributed by atoms with van der Waals surface area (Å²) in [5.74, 6) is -0.402. The van der Waals surface area contributed by atoms with Crippen LogP contribution < -0.4 is 5.32 Å². The van der Waals surface area contributed by atoms with Gasteiger partial charge in [0.05, 0.1) is 18.0 Å². The van der Waals surface area contributed by atoms with E-state index in [0.717, 1.165) is 16.8 Å². The van der Waals surface area contributed by atoms with E-state index in [-0.39, 0.29) is 6.54 Å². The highest BCUT2D eigenvalue weighted by molar-refractivity contribution is 5.61.